The van der Waals surface area contributed by atoms with Crippen LogP contribution in [0.3, 0.4) is 0 Å². The maximum Gasteiger partial charge on any atom is 0.237 e. The minimum atomic E-state index is 0.0147. The smallest absolute Gasteiger partial charge is 0.237 e. The molecule has 3 atom stereocenters. The summed E-state index contributed by atoms with van der Waals surface area (Å²) >= 11 is 0. The molecule has 0 aliphatic carbocycles. The number of nitrogens with one attached hydrogen (secondary N) is 1. The van der Waals surface area contributed by atoms with Gasteiger partial charge in [-0.25, -0.2) is 0 Å². The van der Waals surface area contributed by atoms with Gasteiger partial charge in [0, 0.05) is 19.1 Å². The largest absolute Gasteiger partial charge is 0.370 e. The number of hydrogen-bond donors (Lipinski definition) is 4. The Balaban J connectivity index is 2.49. The summed E-state index contributed by atoms with van der Waals surface area (Å²) in [5, 5.41) is 3.29. The zero-order valence-corrected chi connectivity index (χ0v) is 17.6. The minimum absolute atomic E-state index is 0.0147. The monoisotopic (exact) mass is 382 g/mol. The van der Waals surface area contributed by atoms with Crippen molar-refractivity contribution >= 4 is 11.9 Å². The second-order valence-electron chi connectivity index (χ2n) is 8.35. The third kappa shape index (κ3) is 9.42. The number of rotatable bonds is 13. The van der Waals surface area contributed by atoms with Gasteiger partial charge in [-0.15, -0.1) is 0 Å². The van der Waals surface area contributed by atoms with E-state index in [4.69, 9.17) is 17.2 Å². The van der Waals surface area contributed by atoms with Crippen LogP contribution in [0.25, 0.3) is 0 Å². The number of carbonyl (C=O) groups is 1. The average molecular weight is 383 g/mol. The van der Waals surface area contributed by atoms with Crippen molar-refractivity contribution in [1.82, 2.24) is 10.2 Å². The molecule has 0 radical (unpaired) electrons. The van der Waals surface area contributed by atoms with Crippen molar-refractivity contribution in [3.05, 3.63) is 0 Å². The number of nitrogens with two attached hydrogens (primary N) is 3. The lowest BCUT2D eigenvalue weighted by Crippen LogP contribution is -2.49. The number of likely N-dealkylation sites (tertiary alicyclic amines) is 1. The summed E-state index contributed by atoms with van der Waals surface area (Å²) in [6, 6.07) is 0.178. The van der Waals surface area contributed by atoms with Crippen LogP contribution in [0.5, 0.6) is 0 Å². The zero-order valence-electron chi connectivity index (χ0n) is 17.6. The standard InChI is InChI=1S/C20H42N6O/c1-15(2)17(9-6-12-24-20(22)23)25-19(27)18-10-7-13-26(18)14-16(3)8-4-5-11-21/h15-18H,4-14,21H2,1-3H3,(H,25,27)(H4,22,23,24)/t16?,17-,18?/m0/s1. The van der Waals surface area contributed by atoms with Crippen molar-refractivity contribution in [2.45, 2.75) is 77.8 Å². The molecule has 1 aliphatic heterocycles. The summed E-state index contributed by atoms with van der Waals surface area (Å²) in [6.45, 7) is 9.98. The normalized spacial score (nSPS) is 19.8. The highest BCUT2D eigenvalue weighted by atomic mass is 16.2. The van der Waals surface area contributed by atoms with E-state index in [9.17, 15) is 4.79 Å². The van der Waals surface area contributed by atoms with Crippen LogP contribution in [0.2, 0.25) is 0 Å². The summed E-state index contributed by atoms with van der Waals surface area (Å²) in [5.74, 6) is 1.30. The van der Waals surface area contributed by atoms with Gasteiger partial charge >= 0.3 is 0 Å². The molecule has 1 rings (SSSR count). The highest BCUT2D eigenvalue weighted by Gasteiger charge is 2.32. The zero-order chi connectivity index (χ0) is 20.2. The van der Waals surface area contributed by atoms with Gasteiger partial charge in [0.1, 0.15) is 0 Å². The molecule has 1 saturated heterocycles. The van der Waals surface area contributed by atoms with E-state index in [-0.39, 0.29) is 24.0 Å². The number of guanidine groups is 1. The van der Waals surface area contributed by atoms with Gasteiger partial charge in [0.15, 0.2) is 5.96 Å². The van der Waals surface area contributed by atoms with Crippen LogP contribution in [0, 0.1) is 11.8 Å². The number of nitrogens with zero attached hydrogens (tertiary/aromatic N) is 2. The molecule has 0 spiro atoms. The molecule has 1 fully saturated rings. The first-order valence-electron chi connectivity index (χ1n) is 10.6. The number of aliphatic imine (C=N–C) groups is 1. The lowest BCUT2D eigenvalue weighted by molar-refractivity contribution is -0.126. The SMILES string of the molecule is CC(CCCCN)CN1CCCC1C(=O)N[C@@H](CCCN=C(N)N)C(C)C. The first-order valence-corrected chi connectivity index (χ1v) is 10.6. The van der Waals surface area contributed by atoms with Gasteiger partial charge in [-0.1, -0.05) is 27.2 Å². The molecular formula is C20H42N6O. The number of carbonyl (C=O) groups excluding carboxylic acids is 1. The Bertz CT molecular complexity index is 450. The second kappa shape index (κ2) is 12.9. The molecule has 7 nitrogen and oxygen atoms in total. The highest BCUT2D eigenvalue weighted by molar-refractivity contribution is 5.82. The van der Waals surface area contributed by atoms with Gasteiger partial charge < -0.3 is 22.5 Å². The summed E-state index contributed by atoms with van der Waals surface area (Å²) in [7, 11) is 0. The number of hydrogen-bond acceptors (Lipinski definition) is 4. The first kappa shape index (κ1) is 23.7. The molecule has 0 saturated carbocycles. The summed E-state index contributed by atoms with van der Waals surface area (Å²) in [5.41, 5.74) is 16.3. The van der Waals surface area contributed by atoms with Crippen LogP contribution in [0.15, 0.2) is 4.99 Å². The van der Waals surface area contributed by atoms with E-state index in [1.54, 1.807) is 0 Å². The fraction of sp³-hybridized carbons (Fsp3) is 0.900. The van der Waals surface area contributed by atoms with Gasteiger partial charge in [0.05, 0.1) is 6.04 Å². The van der Waals surface area contributed by atoms with Gasteiger partial charge in [-0.3, -0.25) is 14.7 Å². The molecule has 7 heteroatoms. The Hall–Kier alpha value is -1.34. The van der Waals surface area contributed by atoms with Crippen LogP contribution in [-0.4, -0.2) is 55.0 Å². The average Bonchev–Trinajstić information content (AvgIpc) is 3.05. The van der Waals surface area contributed by atoms with Gasteiger partial charge in [0.2, 0.25) is 5.91 Å². The molecule has 1 amide bonds. The Labute approximate surface area is 165 Å². The molecule has 158 valence electrons. The van der Waals surface area contributed by atoms with Crippen molar-refractivity contribution in [1.29, 1.82) is 0 Å². The van der Waals surface area contributed by atoms with Crippen LogP contribution in [0.1, 0.15) is 65.7 Å². The quantitative estimate of drug-likeness (QED) is 0.218. The van der Waals surface area contributed by atoms with Crippen LogP contribution in [0.4, 0.5) is 0 Å². The Morgan fingerprint density at radius 3 is 2.56 bits per heavy atom. The maximum absolute atomic E-state index is 12.9. The fourth-order valence-electron chi connectivity index (χ4n) is 3.84. The molecule has 1 heterocycles. The minimum Gasteiger partial charge on any atom is -0.370 e. The first-order chi connectivity index (χ1) is 12.8. The Morgan fingerprint density at radius 1 is 1.19 bits per heavy atom. The van der Waals surface area contributed by atoms with E-state index < -0.39 is 0 Å². The summed E-state index contributed by atoms with van der Waals surface area (Å²) in [6.07, 6.45) is 7.26. The predicted molar refractivity (Wildman–Crippen MR) is 113 cm³/mol. The molecule has 0 aromatic heterocycles. The highest BCUT2D eigenvalue weighted by Crippen LogP contribution is 2.21. The molecule has 0 bridgehead atoms. The van der Waals surface area contributed by atoms with E-state index in [0.29, 0.717) is 18.4 Å². The molecule has 1 aliphatic rings. The van der Waals surface area contributed by atoms with Crippen molar-refractivity contribution in [2.75, 3.05) is 26.2 Å². The van der Waals surface area contributed by atoms with Crippen molar-refractivity contribution < 1.29 is 4.79 Å². The van der Waals surface area contributed by atoms with Crippen LogP contribution >= 0.6 is 0 Å². The Kier molecular flexibility index (Phi) is 11.4. The van der Waals surface area contributed by atoms with Gasteiger partial charge in [-0.05, 0) is 63.5 Å². The number of amides is 1. The lowest BCUT2D eigenvalue weighted by Gasteiger charge is -2.29. The lowest BCUT2D eigenvalue weighted by atomic mass is 9.98. The second-order valence-corrected chi connectivity index (χ2v) is 8.35. The van der Waals surface area contributed by atoms with E-state index in [1.807, 2.05) is 0 Å². The molecular weight excluding hydrogens is 340 g/mol. The molecule has 0 aromatic rings. The van der Waals surface area contributed by atoms with Gasteiger partial charge in [-0.2, -0.15) is 0 Å². The fourth-order valence-corrected chi connectivity index (χ4v) is 3.84. The van der Waals surface area contributed by atoms with Crippen molar-refractivity contribution in [2.24, 2.45) is 34.0 Å². The molecule has 2 unspecified atom stereocenters. The Morgan fingerprint density at radius 2 is 1.93 bits per heavy atom. The van der Waals surface area contributed by atoms with E-state index in [1.165, 1.54) is 12.8 Å². The number of unbranched alkanes of at least 4 members (excludes halogenated alkanes) is 1. The summed E-state index contributed by atoms with van der Waals surface area (Å²) < 4.78 is 0. The predicted octanol–water partition coefficient (Wildman–Crippen LogP) is 1.41. The summed E-state index contributed by atoms with van der Waals surface area (Å²) in [4.78, 5) is 19.3. The molecule has 7 N–H and O–H groups in total. The third-order valence-electron chi connectivity index (χ3n) is 5.46. The third-order valence-corrected chi connectivity index (χ3v) is 5.46. The van der Waals surface area contributed by atoms with E-state index in [0.717, 1.165) is 51.7 Å². The molecule has 27 heavy (non-hydrogen) atoms. The van der Waals surface area contributed by atoms with E-state index >= 15 is 0 Å². The van der Waals surface area contributed by atoms with Crippen LogP contribution in [-0.2, 0) is 4.79 Å². The topological polar surface area (TPSA) is 123 Å². The van der Waals surface area contributed by atoms with Crippen LogP contribution < -0.4 is 22.5 Å². The van der Waals surface area contributed by atoms with Crippen molar-refractivity contribution in [3.63, 3.8) is 0 Å². The maximum atomic E-state index is 12.9. The van der Waals surface area contributed by atoms with E-state index in [2.05, 4.69) is 36.0 Å². The molecule has 0 aromatic carbocycles. The van der Waals surface area contributed by atoms with Gasteiger partial charge in [0.25, 0.3) is 0 Å². The van der Waals surface area contributed by atoms with Crippen molar-refractivity contribution in [3.8, 4) is 0 Å².